The number of nitrogens with zero attached hydrogens (tertiary/aromatic N) is 1. The van der Waals surface area contributed by atoms with Crippen LogP contribution in [0.25, 0.3) is 0 Å². The predicted molar refractivity (Wildman–Crippen MR) is 81.7 cm³/mol. The Morgan fingerprint density at radius 3 is 2.70 bits per heavy atom. The van der Waals surface area contributed by atoms with Crippen LogP contribution in [-0.4, -0.2) is 17.0 Å². The minimum atomic E-state index is -0.0560. The molecule has 0 radical (unpaired) electrons. The van der Waals surface area contributed by atoms with Gasteiger partial charge in [0.05, 0.1) is 5.69 Å². The molecule has 0 bridgehead atoms. The first-order chi connectivity index (χ1) is 9.60. The van der Waals surface area contributed by atoms with Crippen LogP contribution in [0.3, 0.4) is 0 Å². The van der Waals surface area contributed by atoms with E-state index in [1.54, 1.807) is 16.8 Å². The molecule has 0 fully saturated rings. The maximum Gasteiger partial charge on any atom is 0.250 e. The van der Waals surface area contributed by atoms with Crippen molar-refractivity contribution in [3.05, 3.63) is 28.7 Å². The highest BCUT2D eigenvalue weighted by atomic mass is 16.1. The molecule has 0 aliphatic carbocycles. The molecule has 0 aliphatic rings. The summed E-state index contributed by atoms with van der Waals surface area (Å²) in [7, 11) is 0. The van der Waals surface area contributed by atoms with Gasteiger partial charge in [-0.05, 0) is 38.3 Å². The number of carbonyl (C=O) groups is 1. The lowest BCUT2D eigenvalue weighted by atomic mass is 9.96. The molecule has 5 nitrogen and oxygen atoms in total. The summed E-state index contributed by atoms with van der Waals surface area (Å²) in [6, 6.07) is 3.12. The third-order valence-electron chi connectivity index (χ3n) is 3.54. The van der Waals surface area contributed by atoms with Crippen molar-refractivity contribution in [1.82, 2.24) is 4.57 Å². The Morgan fingerprint density at radius 1 is 1.35 bits per heavy atom. The molecule has 5 heteroatoms. The molecule has 1 unspecified atom stereocenters. The van der Waals surface area contributed by atoms with Gasteiger partial charge < -0.3 is 15.6 Å². The molecule has 1 atom stereocenters. The van der Waals surface area contributed by atoms with Gasteiger partial charge in [0.15, 0.2) is 0 Å². The van der Waals surface area contributed by atoms with E-state index in [4.69, 9.17) is 5.73 Å². The van der Waals surface area contributed by atoms with E-state index in [0.717, 1.165) is 19.3 Å². The maximum absolute atomic E-state index is 11.9. The van der Waals surface area contributed by atoms with Crippen molar-refractivity contribution in [2.24, 2.45) is 11.7 Å². The first-order valence-electron chi connectivity index (χ1n) is 7.31. The second-order valence-corrected chi connectivity index (χ2v) is 4.98. The average Bonchev–Trinajstić information content (AvgIpc) is 2.45. The van der Waals surface area contributed by atoms with Crippen LogP contribution in [0.5, 0.6) is 0 Å². The summed E-state index contributed by atoms with van der Waals surface area (Å²) in [6.45, 7) is 5.28. The Labute approximate surface area is 120 Å². The molecule has 1 aromatic heterocycles. The van der Waals surface area contributed by atoms with Gasteiger partial charge in [-0.2, -0.15) is 0 Å². The number of aryl methyl sites for hydroxylation is 1. The second kappa shape index (κ2) is 8.53. The lowest BCUT2D eigenvalue weighted by Crippen LogP contribution is -2.20. The standard InChI is InChI=1S/C15H25N3O2/c1-3-12(9-10-16)5-7-14(19)17-13-6-8-15(20)18(4-2)11-13/h6,8,11-12H,3-5,7,9-10,16H2,1-2H3,(H,17,19). The monoisotopic (exact) mass is 279 g/mol. The molecule has 1 aromatic rings. The summed E-state index contributed by atoms with van der Waals surface area (Å²) < 4.78 is 1.57. The largest absolute Gasteiger partial charge is 0.330 e. The summed E-state index contributed by atoms with van der Waals surface area (Å²) in [5, 5.41) is 2.84. The van der Waals surface area contributed by atoms with Crippen molar-refractivity contribution in [2.45, 2.75) is 46.1 Å². The van der Waals surface area contributed by atoms with Crippen molar-refractivity contribution in [1.29, 1.82) is 0 Å². The Bertz CT molecular complexity index is 482. The lowest BCUT2D eigenvalue weighted by Gasteiger charge is -2.13. The molecule has 0 saturated carbocycles. The van der Waals surface area contributed by atoms with E-state index in [1.807, 2.05) is 6.92 Å². The van der Waals surface area contributed by atoms with E-state index in [1.165, 1.54) is 6.07 Å². The van der Waals surface area contributed by atoms with Gasteiger partial charge in [0.2, 0.25) is 5.91 Å². The number of pyridine rings is 1. The number of hydrogen-bond acceptors (Lipinski definition) is 3. The van der Waals surface area contributed by atoms with E-state index >= 15 is 0 Å². The fraction of sp³-hybridized carbons (Fsp3) is 0.600. The summed E-state index contributed by atoms with van der Waals surface area (Å²) in [4.78, 5) is 23.3. The Balaban J connectivity index is 2.52. The number of carbonyl (C=O) groups excluding carboxylic acids is 1. The maximum atomic E-state index is 11.9. The third-order valence-corrected chi connectivity index (χ3v) is 3.54. The Morgan fingerprint density at radius 2 is 2.10 bits per heavy atom. The molecule has 0 aliphatic heterocycles. The normalized spacial score (nSPS) is 12.2. The number of anilines is 1. The summed E-state index contributed by atoms with van der Waals surface area (Å²) in [6.07, 6.45) is 5.03. The smallest absolute Gasteiger partial charge is 0.250 e. The van der Waals surface area contributed by atoms with Crippen molar-refractivity contribution in [3.8, 4) is 0 Å². The molecule has 112 valence electrons. The predicted octanol–water partition coefficient (Wildman–Crippen LogP) is 1.96. The molecular formula is C15H25N3O2. The van der Waals surface area contributed by atoms with Crippen LogP contribution in [0.4, 0.5) is 5.69 Å². The molecule has 1 rings (SSSR count). The van der Waals surface area contributed by atoms with Gasteiger partial charge in [0.1, 0.15) is 0 Å². The van der Waals surface area contributed by atoms with Crippen LogP contribution in [0.15, 0.2) is 23.1 Å². The molecule has 20 heavy (non-hydrogen) atoms. The van der Waals surface area contributed by atoms with Gasteiger partial charge in [-0.25, -0.2) is 0 Å². The van der Waals surface area contributed by atoms with Crippen LogP contribution in [0.1, 0.15) is 39.5 Å². The summed E-state index contributed by atoms with van der Waals surface area (Å²) in [5.74, 6) is 0.497. The number of nitrogens with two attached hydrogens (primary N) is 1. The Hall–Kier alpha value is -1.62. The highest BCUT2D eigenvalue weighted by Gasteiger charge is 2.09. The number of aromatic nitrogens is 1. The zero-order chi connectivity index (χ0) is 15.0. The highest BCUT2D eigenvalue weighted by molar-refractivity contribution is 5.90. The molecule has 0 spiro atoms. The minimum absolute atomic E-state index is 0.0122. The van der Waals surface area contributed by atoms with Gasteiger partial charge >= 0.3 is 0 Å². The molecule has 1 amide bonds. The van der Waals surface area contributed by atoms with Crippen molar-refractivity contribution >= 4 is 11.6 Å². The van der Waals surface area contributed by atoms with Crippen molar-refractivity contribution < 1.29 is 4.79 Å². The number of hydrogen-bond donors (Lipinski definition) is 2. The third kappa shape index (κ3) is 5.17. The molecule has 1 heterocycles. The first-order valence-corrected chi connectivity index (χ1v) is 7.31. The van der Waals surface area contributed by atoms with E-state index in [9.17, 15) is 9.59 Å². The van der Waals surface area contributed by atoms with E-state index in [-0.39, 0.29) is 11.5 Å². The quantitative estimate of drug-likeness (QED) is 0.763. The van der Waals surface area contributed by atoms with Crippen LogP contribution in [0, 0.1) is 5.92 Å². The summed E-state index contributed by atoms with van der Waals surface area (Å²) in [5.41, 5.74) is 6.16. The van der Waals surface area contributed by atoms with E-state index in [2.05, 4.69) is 12.2 Å². The van der Waals surface area contributed by atoms with Gasteiger partial charge in [-0.15, -0.1) is 0 Å². The number of amides is 1. The molecule has 0 aromatic carbocycles. The molecule has 0 saturated heterocycles. The van der Waals surface area contributed by atoms with Crippen LogP contribution >= 0.6 is 0 Å². The van der Waals surface area contributed by atoms with Crippen LogP contribution in [-0.2, 0) is 11.3 Å². The van der Waals surface area contributed by atoms with Gasteiger partial charge in [-0.1, -0.05) is 13.3 Å². The van der Waals surface area contributed by atoms with E-state index < -0.39 is 0 Å². The zero-order valence-corrected chi connectivity index (χ0v) is 12.4. The van der Waals surface area contributed by atoms with Crippen LogP contribution < -0.4 is 16.6 Å². The fourth-order valence-electron chi connectivity index (χ4n) is 2.20. The zero-order valence-electron chi connectivity index (χ0n) is 12.4. The van der Waals surface area contributed by atoms with E-state index in [0.29, 0.717) is 31.1 Å². The SMILES string of the molecule is CCC(CCN)CCC(=O)Nc1ccc(=O)n(CC)c1. The van der Waals surface area contributed by atoms with Crippen LogP contribution in [0.2, 0.25) is 0 Å². The topological polar surface area (TPSA) is 77.1 Å². The highest BCUT2D eigenvalue weighted by Crippen LogP contribution is 2.15. The second-order valence-electron chi connectivity index (χ2n) is 4.98. The fourth-order valence-corrected chi connectivity index (χ4v) is 2.20. The average molecular weight is 279 g/mol. The Kier molecular flexibility index (Phi) is 7.01. The lowest BCUT2D eigenvalue weighted by molar-refractivity contribution is -0.116. The molecular weight excluding hydrogens is 254 g/mol. The van der Waals surface area contributed by atoms with Gasteiger partial charge in [0, 0.05) is 25.2 Å². The molecule has 3 N–H and O–H groups in total. The van der Waals surface area contributed by atoms with Crippen molar-refractivity contribution in [2.75, 3.05) is 11.9 Å². The number of nitrogens with one attached hydrogen (secondary N) is 1. The first kappa shape index (κ1) is 16.4. The van der Waals surface area contributed by atoms with Gasteiger partial charge in [0.25, 0.3) is 5.56 Å². The van der Waals surface area contributed by atoms with Gasteiger partial charge in [-0.3, -0.25) is 9.59 Å². The van der Waals surface area contributed by atoms with Crippen molar-refractivity contribution in [3.63, 3.8) is 0 Å². The number of rotatable bonds is 8. The summed E-state index contributed by atoms with van der Waals surface area (Å²) >= 11 is 0. The minimum Gasteiger partial charge on any atom is -0.330 e.